The van der Waals surface area contributed by atoms with Crippen LogP contribution in [-0.2, 0) is 5.41 Å². The quantitative estimate of drug-likeness (QED) is 0.473. The lowest BCUT2D eigenvalue weighted by Crippen LogP contribution is -2.16. The molecule has 1 N–H and O–H groups in total. The molecule has 0 bridgehead atoms. The smallest absolute Gasteiger partial charge is 0.0859 e. The van der Waals surface area contributed by atoms with Gasteiger partial charge in [0.25, 0.3) is 0 Å². The van der Waals surface area contributed by atoms with Crippen molar-refractivity contribution >= 4 is 0 Å². The van der Waals surface area contributed by atoms with E-state index >= 15 is 0 Å². The first-order chi connectivity index (χ1) is 7.50. The molecule has 0 aromatic heterocycles. The molecular weight excluding hydrogens is 202 g/mol. The number of rotatable bonds is 3. The molecule has 1 aromatic rings. The van der Waals surface area contributed by atoms with E-state index in [1.165, 1.54) is 0 Å². The summed E-state index contributed by atoms with van der Waals surface area (Å²) in [7, 11) is 0. The molecule has 0 radical (unpaired) electrons. The van der Waals surface area contributed by atoms with E-state index in [9.17, 15) is 5.11 Å². The zero-order valence-electron chi connectivity index (χ0n) is 9.88. The highest BCUT2D eigenvalue weighted by Crippen LogP contribution is 2.30. The Morgan fingerprint density at radius 3 is 2.50 bits per heavy atom. The van der Waals surface area contributed by atoms with E-state index in [0.29, 0.717) is 0 Å². The first-order valence-corrected chi connectivity index (χ1v) is 5.25. The maximum Gasteiger partial charge on any atom is 0.0859 e. The summed E-state index contributed by atoms with van der Waals surface area (Å²) in [6, 6.07) is 7.25. The fraction of sp³-hybridized carbons (Fsp3) is 0.500. The number of benzene rings is 1. The molecule has 0 saturated carbocycles. The monoisotopic (exact) mass is 219 g/mol. The normalized spacial score (nSPS) is 13.0. The standard InChI is InChI=1S/C12H17N3O/c1-12(2,3)10-7-5-4-6-9(10)11(8-16)14-15-13/h4-7,11,16H,8H2,1-3H3. The van der Waals surface area contributed by atoms with Gasteiger partial charge < -0.3 is 5.11 Å². The molecule has 1 rings (SSSR count). The molecule has 0 heterocycles. The van der Waals surface area contributed by atoms with Crippen molar-refractivity contribution in [3.05, 3.63) is 45.8 Å². The third-order valence-electron chi connectivity index (χ3n) is 2.49. The van der Waals surface area contributed by atoms with Crippen LogP contribution in [0.2, 0.25) is 0 Å². The number of hydrogen-bond donors (Lipinski definition) is 1. The maximum absolute atomic E-state index is 9.24. The van der Waals surface area contributed by atoms with Crippen LogP contribution in [0.5, 0.6) is 0 Å². The van der Waals surface area contributed by atoms with Crippen LogP contribution in [0.1, 0.15) is 37.9 Å². The van der Waals surface area contributed by atoms with E-state index in [-0.39, 0.29) is 12.0 Å². The molecule has 16 heavy (non-hydrogen) atoms. The van der Waals surface area contributed by atoms with Crippen molar-refractivity contribution in [2.45, 2.75) is 32.2 Å². The van der Waals surface area contributed by atoms with Crippen LogP contribution in [0.4, 0.5) is 0 Å². The first-order valence-electron chi connectivity index (χ1n) is 5.25. The predicted octanol–water partition coefficient (Wildman–Crippen LogP) is 3.33. The van der Waals surface area contributed by atoms with Crippen molar-refractivity contribution in [3.8, 4) is 0 Å². The molecule has 86 valence electrons. The minimum atomic E-state index is -0.500. The van der Waals surface area contributed by atoms with Crippen LogP contribution in [0.15, 0.2) is 29.4 Å². The number of hydrogen-bond acceptors (Lipinski definition) is 2. The molecular formula is C12H17N3O. The Morgan fingerprint density at radius 1 is 1.38 bits per heavy atom. The average molecular weight is 219 g/mol. The second-order valence-electron chi connectivity index (χ2n) is 4.74. The topological polar surface area (TPSA) is 69.0 Å². The summed E-state index contributed by atoms with van der Waals surface area (Å²) in [6.45, 7) is 6.11. The molecule has 0 aliphatic carbocycles. The summed E-state index contributed by atoms with van der Waals surface area (Å²) < 4.78 is 0. The highest BCUT2D eigenvalue weighted by atomic mass is 16.3. The Hall–Kier alpha value is -1.51. The van der Waals surface area contributed by atoms with Gasteiger partial charge in [-0.3, -0.25) is 0 Å². The minimum Gasteiger partial charge on any atom is -0.396 e. The summed E-state index contributed by atoms with van der Waals surface area (Å²) >= 11 is 0. The summed E-state index contributed by atoms with van der Waals surface area (Å²) in [5.74, 6) is 0. The van der Waals surface area contributed by atoms with Crippen LogP contribution in [0.3, 0.4) is 0 Å². The average Bonchev–Trinajstić information content (AvgIpc) is 2.25. The molecule has 0 fully saturated rings. The zero-order chi connectivity index (χ0) is 12.2. The van der Waals surface area contributed by atoms with Crippen LogP contribution >= 0.6 is 0 Å². The van der Waals surface area contributed by atoms with Crippen LogP contribution in [0.25, 0.3) is 10.4 Å². The van der Waals surface area contributed by atoms with Crippen molar-refractivity contribution in [3.63, 3.8) is 0 Å². The van der Waals surface area contributed by atoms with Gasteiger partial charge in [-0.15, -0.1) is 0 Å². The van der Waals surface area contributed by atoms with Gasteiger partial charge in [0, 0.05) is 4.91 Å². The lowest BCUT2D eigenvalue weighted by molar-refractivity contribution is 0.266. The molecule has 0 saturated heterocycles. The zero-order valence-corrected chi connectivity index (χ0v) is 9.88. The Labute approximate surface area is 95.5 Å². The summed E-state index contributed by atoms with van der Waals surface area (Å²) in [5, 5.41) is 12.9. The SMILES string of the molecule is CC(C)(C)c1ccccc1C(CO)N=[N+]=[N-]. The molecule has 0 spiro atoms. The molecule has 0 aliphatic rings. The summed E-state index contributed by atoms with van der Waals surface area (Å²) in [4.78, 5) is 2.77. The predicted molar refractivity (Wildman–Crippen MR) is 64.1 cm³/mol. The Bertz CT molecular complexity index is 403. The summed E-state index contributed by atoms with van der Waals surface area (Å²) in [6.07, 6.45) is 0. The van der Waals surface area contributed by atoms with Crippen molar-refractivity contribution in [1.82, 2.24) is 0 Å². The minimum absolute atomic E-state index is 0.0327. The lowest BCUT2D eigenvalue weighted by Gasteiger charge is -2.24. The van der Waals surface area contributed by atoms with Gasteiger partial charge in [-0.05, 0) is 22.1 Å². The van der Waals surface area contributed by atoms with Gasteiger partial charge >= 0.3 is 0 Å². The molecule has 0 aliphatic heterocycles. The van der Waals surface area contributed by atoms with Crippen molar-refractivity contribution < 1.29 is 5.11 Å². The fourth-order valence-corrected chi connectivity index (χ4v) is 1.73. The van der Waals surface area contributed by atoms with Gasteiger partial charge in [0.2, 0.25) is 0 Å². The van der Waals surface area contributed by atoms with Crippen LogP contribution < -0.4 is 0 Å². The largest absolute Gasteiger partial charge is 0.396 e. The molecule has 0 amide bonds. The highest BCUT2D eigenvalue weighted by molar-refractivity contribution is 5.35. The highest BCUT2D eigenvalue weighted by Gasteiger charge is 2.21. The van der Waals surface area contributed by atoms with Gasteiger partial charge in [0.05, 0.1) is 12.6 Å². The van der Waals surface area contributed by atoms with E-state index in [4.69, 9.17) is 5.53 Å². The van der Waals surface area contributed by atoms with Gasteiger partial charge in [0.15, 0.2) is 0 Å². The number of azide groups is 1. The Balaban J connectivity index is 3.27. The Kier molecular flexibility index (Phi) is 3.93. The number of aliphatic hydroxyl groups excluding tert-OH is 1. The third kappa shape index (κ3) is 2.75. The second kappa shape index (κ2) is 5.01. The maximum atomic E-state index is 9.24. The molecule has 4 heteroatoms. The fourth-order valence-electron chi connectivity index (χ4n) is 1.73. The van der Waals surface area contributed by atoms with Crippen molar-refractivity contribution in [2.75, 3.05) is 6.61 Å². The summed E-state index contributed by atoms with van der Waals surface area (Å²) in [5.41, 5.74) is 10.4. The molecule has 4 nitrogen and oxygen atoms in total. The van der Waals surface area contributed by atoms with Crippen molar-refractivity contribution in [2.24, 2.45) is 5.11 Å². The van der Waals surface area contributed by atoms with Gasteiger partial charge in [-0.25, -0.2) is 0 Å². The van der Waals surface area contributed by atoms with Gasteiger partial charge in [0.1, 0.15) is 0 Å². The number of nitrogens with zero attached hydrogens (tertiary/aromatic N) is 3. The lowest BCUT2D eigenvalue weighted by atomic mass is 9.82. The van der Waals surface area contributed by atoms with E-state index in [2.05, 4.69) is 30.8 Å². The van der Waals surface area contributed by atoms with E-state index < -0.39 is 6.04 Å². The van der Waals surface area contributed by atoms with Crippen LogP contribution in [0, 0.1) is 0 Å². The molecule has 1 unspecified atom stereocenters. The van der Waals surface area contributed by atoms with Gasteiger partial charge in [-0.1, -0.05) is 50.2 Å². The molecule has 1 atom stereocenters. The first kappa shape index (κ1) is 12.6. The van der Waals surface area contributed by atoms with Gasteiger partial charge in [-0.2, -0.15) is 0 Å². The molecule has 1 aromatic carbocycles. The second-order valence-corrected chi connectivity index (χ2v) is 4.74. The third-order valence-corrected chi connectivity index (χ3v) is 2.49. The van der Waals surface area contributed by atoms with E-state index in [1.807, 2.05) is 24.3 Å². The number of aliphatic hydroxyl groups is 1. The van der Waals surface area contributed by atoms with E-state index in [0.717, 1.165) is 11.1 Å². The van der Waals surface area contributed by atoms with Crippen molar-refractivity contribution in [1.29, 1.82) is 0 Å². The Morgan fingerprint density at radius 2 is 2.00 bits per heavy atom. The van der Waals surface area contributed by atoms with E-state index in [1.54, 1.807) is 0 Å². The van der Waals surface area contributed by atoms with Crippen LogP contribution in [-0.4, -0.2) is 11.7 Å².